The Labute approximate surface area is 79.7 Å². The van der Waals surface area contributed by atoms with Gasteiger partial charge in [-0.25, -0.2) is 4.98 Å². The molecule has 0 unspecified atom stereocenters. The van der Waals surface area contributed by atoms with E-state index < -0.39 is 0 Å². The molecule has 0 saturated carbocycles. The number of carbonyl (C=O) groups excluding carboxylic acids is 1. The van der Waals surface area contributed by atoms with Crippen LogP contribution in [0.4, 0.5) is 0 Å². The van der Waals surface area contributed by atoms with Crippen molar-refractivity contribution in [3.63, 3.8) is 0 Å². The Morgan fingerprint density at radius 2 is 2.38 bits per heavy atom. The molecular formula is C9H7ClN2O. The number of hydrogen-bond acceptors (Lipinski definition) is 2. The summed E-state index contributed by atoms with van der Waals surface area (Å²) in [6.07, 6.45) is 2.36. The number of fused-ring (bicyclic) bond motifs is 1. The quantitative estimate of drug-likeness (QED) is 0.588. The first-order chi connectivity index (χ1) is 6.36. The van der Waals surface area contributed by atoms with Crippen molar-refractivity contribution in [3.8, 4) is 0 Å². The summed E-state index contributed by atoms with van der Waals surface area (Å²) in [6.45, 7) is 0. The molecule has 1 N–H and O–H groups in total. The minimum atomic E-state index is 0.330. The highest BCUT2D eigenvalue weighted by atomic mass is 35.5. The minimum absolute atomic E-state index is 0.330. The Morgan fingerprint density at radius 1 is 1.54 bits per heavy atom. The standard InChI is InChI=1S/C9H7ClN2O/c10-3-6-1-2-8-9(7(6)4-13)12-5-11-8/h1-2,4-5H,3H2,(H,11,12). The second-order valence-corrected chi connectivity index (χ2v) is 2.96. The smallest absolute Gasteiger partial charge is 0.152 e. The highest BCUT2D eigenvalue weighted by Crippen LogP contribution is 2.19. The van der Waals surface area contributed by atoms with E-state index in [0.717, 1.165) is 17.4 Å². The maximum atomic E-state index is 10.8. The lowest BCUT2D eigenvalue weighted by Crippen LogP contribution is -1.90. The number of imidazole rings is 1. The fourth-order valence-electron chi connectivity index (χ4n) is 1.32. The molecule has 13 heavy (non-hydrogen) atoms. The Balaban J connectivity index is 2.81. The van der Waals surface area contributed by atoms with Gasteiger partial charge in [0, 0.05) is 11.4 Å². The zero-order valence-corrected chi connectivity index (χ0v) is 7.51. The SMILES string of the molecule is O=Cc1c(CCl)ccc2[nH]cnc12. The first-order valence-electron chi connectivity index (χ1n) is 3.83. The summed E-state index contributed by atoms with van der Waals surface area (Å²) in [4.78, 5) is 17.8. The Morgan fingerprint density at radius 3 is 3.08 bits per heavy atom. The van der Waals surface area contributed by atoms with Crippen LogP contribution in [0, 0.1) is 0 Å². The normalized spacial score (nSPS) is 10.5. The third-order valence-corrected chi connectivity index (χ3v) is 2.27. The third-order valence-electron chi connectivity index (χ3n) is 1.98. The summed E-state index contributed by atoms with van der Waals surface area (Å²) in [5, 5.41) is 0. The number of aldehydes is 1. The highest BCUT2D eigenvalue weighted by molar-refractivity contribution is 6.18. The van der Waals surface area contributed by atoms with Gasteiger partial charge in [-0.3, -0.25) is 4.79 Å². The number of hydrogen-bond donors (Lipinski definition) is 1. The number of nitrogens with one attached hydrogen (secondary N) is 1. The van der Waals surface area contributed by atoms with Crippen molar-refractivity contribution in [2.24, 2.45) is 0 Å². The average Bonchev–Trinajstić information content (AvgIpc) is 2.63. The molecule has 2 aromatic rings. The second-order valence-electron chi connectivity index (χ2n) is 2.69. The minimum Gasteiger partial charge on any atom is -0.345 e. The number of benzene rings is 1. The van der Waals surface area contributed by atoms with Crippen molar-refractivity contribution in [2.75, 3.05) is 0 Å². The van der Waals surface area contributed by atoms with Crippen LogP contribution in [0.25, 0.3) is 11.0 Å². The molecule has 0 fully saturated rings. The molecule has 4 heteroatoms. The fourth-order valence-corrected chi connectivity index (χ4v) is 1.55. The van der Waals surface area contributed by atoms with Crippen molar-refractivity contribution in [1.29, 1.82) is 0 Å². The Hall–Kier alpha value is -1.35. The Bertz CT molecular complexity index is 450. The number of rotatable bonds is 2. The summed E-state index contributed by atoms with van der Waals surface area (Å²) in [5.41, 5.74) is 2.94. The lowest BCUT2D eigenvalue weighted by Gasteiger charge is -1.99. The van der Waals surface area contributed by atoms with Gasteiger partial charge < -0.3 is 4.98 Å². The summed E-state index contributed by atoms with van der Waals surface area (Å²) < 4.78 is 0. The van der Waals surface area contributed by atoms with Crippen molar-refractivity contribution in [1.82, 2.24) is 9.97 Å². The van der Waals surface area contributed by atoms with Crippen LogP contribution in [0.1, 0.15) is 15.9 Å². The van der Waals surface area contributed by atoms with Gasteiger partial charge in [0.05, 0.1) is 17.4 Å². The van der Waals surface area contributed by atoms with Gasteiger partial charge in [0.1, 0.15) is 0 Å². The molecule has 0 radical (unpaired) electrons. The molecule has 1 aromatic carbocycles. The third kappa shape index (κ3) is 1.21. The van der Waals surface area contributed by atoms with E-state index in [1.54, 1.807) is 6.33 Å². The summed E-state index contributed by atoms with van der Waals surface area (Å²) >= 11 is 5.68. The molecule has 3 nitrogen and oxygen atoms in total. The van der Waals surface area contributed by atoms with Crippen LogP contribution in [0.3, 0.4) is 0 Å². The lowest BCUT2D eigenvalue weighted by atomic mass is 10.1. The lowest BCUT2D eigenvalue weighted by molar-refractivity contribution is 0.112. The number of nitrogens with zero attached hydrogens (tertiary/aromatic N) is 1. The maximum absolute atomic E-state index is 10.8. The van der Waals surface area contributed by atoms with Crippen molar-refractivity contribution in [2.45, 2.75) is 5.88 Å². The topological polar surface area (TPSA) is 45.8 Å². The van der Waals surface area contributed by atoms with Gasteiger partial charge >= 0.3 is 0 Å². The average molecular weight is 195 g/mol. The first kappa shape index (κ1) is 8.26. The zero-order chi connectivity index (χ0) is 9.26. The van der Waals surface area contributed by atoms with E-state index in [9.17, 15) is 4.79 Å². The van der Waals surface area contributed by atoms with E-state index in [-0.39, 0.29) is 0 Å². The molecule has 1 aromatic heterocycles. The van der Waals surface area contributed by atoms with E-state index in [1.165, 1.54) is 0 Å². The van der Waals surface area contributed by atoms with Crippen LogP contribution in [-0.2, 0) is 5.88 Å². The summed E-state index contributed by atoms with van der Waals surface area (Å²) in [5.74, 6) is 0.330. The van der Waals surface area contributed by atoms with Gasteiger partial charge in [0.15, 0.2) is 6.29 Å². The summed E-state index contributed by atoms with van der Waals surface area (Å²) in [6, 6.07) is 3.70. The molecule has 0 spiro atoms. The Kier molecular flexibility index (Phi) is 2.02. The molecule has 0 saturated heterocycles. The van der Waals surface area contributed by atoms with E-state index in [1.807, 2.05) is 12.1 Å². The highest BCUT2D eigenvalue weighted by Gasteiger charge is 2.07. The molecule has 1 heterocycles. The van der Waals surface area contributed by atoms with Crippen molar-refractivity contribution < 1.29 is 4.79 Å². The van der Waals surface area contributed by atoms with Crippen molar-refractivity contribution in [3.05, 3.63) is 29.6 Å². The second kappa shape index (κ2) is 3.18. The van der Waals surface area contributed by atoms with Crippen LogP contribution < -0.4 is 0 Å². The molecule has 2 rings (SSSR count). The van der Waals surface area contributed by atoms with E-state index in [0.29, 0.717) is 17.0 Å². The zero-order valence-electron chi connectivity index (χ0n) is 6.75. The van der Waals surface area contributed by atoms with Gasteiger partial charge in [-0.1, -0.05) is 6.07 Å². The monoisotopic (exact) mass is 194 g/mol. The largest absolute Gasteiger partial charge is 0.345 e. The number of aromatic nitrogens is 2. The number of halogens is 1. The van der Waals surface area contributed by atoms with Crippen molar-refractivity contribution >= 4 is 28.9 Å². The molecule has 0 aliphatic rings. The van der Waals surface area contributed by atoms with Gasteiger partial charge in [0.2, 0.25) is 0 Å². The maximum Gasteiger partial charge on any atom is 0.152 e. The summed E-state index contributed by atoms with van der Waals surface area (Å²) in [7, 11) is 0. The van der Waals surface area contributed by atoms with Gasteiger partial charge in [-0.2, -0.15) is 0 Å². The van der Waals surface area contributed by atoms with Crippen LogP contribution in [0.2, 0.25) is 0 Å². The first-order valence-corrected chi connectivity index (χ1v) is 4.36. The molecule has 0 aliphatic carbocycles. The van der Waals surface area contributed by atoms with E-state index in [2.05, 4.69) is 9.97 Å². The fraction of sp³-hybridized carbons (Fsp3) is 0.111. The van der Waals surface area contributed by atoms with Gasteiger partial charge in [-0.15, -0.1) is 11.6 Å². The van der Waals surface area contributed by atoms with Crippen LogP contribution >= 0.6 is 11.6 Å². The van der Waals surface area contributed by atoms with Crippen LogP contribution in [-0.4, -0.2) is 16.3 Å². The number of carbonyl (C=O) groups is 1. The number of aromatic amines is 1. The molecule has 0 atom stereocenters. The molecule has 0 bridgehead atoms. The number of alkyl halides is 1. The predicted molar refractivity (Wildman–Crippen MR) is 51.0 cm³/mol. The van der Waals surface area contributed by atoms with E-state index >= 15 is 0 Å². The van der Waals surface area contributed by atoms with Crippen LogP contribution in [0.15, 0.2) is 18.5 Å². The van der Waals surface area contributed by atoms with Gasteiger partial charge in [-0.05, 0) is 11.6 Å². The number of H-pyrrole nitrogens is 1. The van der Waals surface area contributed by atoms with Gasteiger partial charge in [0.25, 0.3) is 0 Å². The molecular weight excluding hydrogens is 188 g/mol. The predicted octanol–water partition coefficient (Wildman–Crippen LogP) is 2.11. The van der Waals surface area contributed by atoms with E-state index in [4.69, 9.17) is 11.6 Å². The molecule has 66 valence electrons. The molecule has 0 aliphatic heterocycles. The molecule has 0 amide bonds. The van der Waals surface area contributed by atoms with Crippen LogP contribution in [0.5, 0.6) is 0 Å².